The van der Waals surface area contributed by atoms with Gasteiger partial charge in [-0.15, -0.1) is 0 Å². The molecular weight excluding hydrogens is 268 g/mol. The molecule has 0 bridgehead atoms. The quantitative estimate of drug-likeness (QED) is 0.692. The van der Waals surface area contributed by atoms with Crippen molar-refractivity contribution in [2.24, 2.45) is 0 Å². The van der Waals surface area contributed by atoms with Crippen molar-refractivity contribution < 1.29 is 0 Å². The second kappa shape index (κ2) is 6.80. The number of likely N-dealkylation sites (N-methyl/N-ethyl adjacent to an activating group) is 1. The van der Waals surface area contributed by atoms with E-state index in [-0.39, 0.29) is 0 Å². The Balaban J connectivity index is 1.96. The zero-order valence-electron chi connectivity index (χ0n) is 13.4. The Labute approximate surface area is 132 Å². The normalized spacial score (nSPS) is 12.9. The Bertz CT molecular complexity index is 711. The van der Waals surface area contributed by atoms with E-state index in [9.17, 15) is 0 Å². The fourth-order valence-electron chi connectivity index (χ4n) is 3.31. The van der Waals surface area contributed by atoms with Gasteiger partial charge in [0.2, 0.25) is 0 Å². The van der Waals surface area contributed by atoms with Gasteiger partial charge in [-0.25, -0.2) is 0 Å². The van der Waals surface area contributed by atoms with Crippen LogP contribution in [0.3, 0.4) is 0 Å². The summed E-state index contributed by atoms with van der Waals surface area (Å²) < 4.78 is 0. The maximum Gasteiger partial charge on any atom is 0.0456 e. The molecular formula is C20H24N2. The van der Waals surface area contributed by atoms with Crippen LogP contribution in [-0.2, 0) is 6.42 Å². The highest BCUT2D eigenvalue weighted by atomic mass is 15.1. The summed E-state index contributed by atoms with van der Waals surface area (Å²) in [6, 6.07) is 19.9. The van der Waals surface area contributed by atoms with Crippen molar-refractivity contribution in [2.75, 3.05) is 13.1 Å². The third-order valence-electron chi connectivity index (χ3n) is 4.53. The van der Waals surface area contributed by atoms with Gasteiger partial charge < -0.3 is 4.98 Å². The fourth-order valence-corrected chi connectivity index (χ4v) is 3.31. The molecule has 0 radical (unpaired) electrons. The van der Waals surface area contributed by atoms with Crippen LogP contribution in [0.15, 0.2) is 60.8 Å². The molecule has 0 spiro atoms. The maximum atomic E-state index is 3.40. The molecule has 3 rings (SSSR count). The number of nitrogens with one attached hydrogen (secondary N) is 1. The number of aromatic amines is 1. The molecule has 0 aliphatic heterocycles. The van der Waals surface area contributed by atoms with Gasteiger partial charge in [-0.1, -0.05) is 62.4 Å². The molecule has 1 N–H and O–H groups in total. The maximum absolute atomic E-state index is 3.40. The first kappa shape index (κ1) is 14.9. The highest BCUT2D eigenvalue weighted by Crippen LogP contribution is 2.28. The molecule has 0 amide bonds. The molecule has 0 fully saturated rings. The number of benzene rings is 2. The Kier molecular flexibility index (Phi) is 4.59. The summed E-state index contributed by atoms with van der Waals surface area (Å²) in [4.78, 5) is 5.94. The molecule has 1 aromatic heterocycles. The smallest absolute Gasteiger partial charge is 0.0456 e. The second-order valence-corrected chi connectivity index (χ2v) is 5.71. The number of nitrogens with zero attached hydrogens (tertiary/aromatic N) is 1. The van der Waals surface area contributed by atoms with Gasteiger partial charge in [0.25, 0.3) is 0 Å². The zero-order chi connectivity index (χ0) is 15.4. The summed E-state index contributed by atoms with van der Waals surface area (Å²) in [6.45, 7) is 6.63. The SMILES string of the molecule is CCN(CC)C(Cc1c[nH]c2ccccc12)c1ccccc1. The molecule has 114 valence electrons. The van der Waals surface area contributed by atoms with Crippen LogP contribution in [0, 0.1) is 0 Å². The number of rotatable bonds is 6. The molecule has 0 saturated heterocycles. The van der Waals surface area contributed by atoms with E-state index in [1.807, 2.05) is 0 Å². The van der Waals surface area contributed by atoms with Crippen molar-refractivity contribution in [1.82, 2.24) is 9.88 Å². The van der Waals surface area contributed by atoms with E-state index in [0.29, 0.717) is 6.04 Å². The van der Waals surface area contributed by atoms with Crippen molar-refractivity contribution >= 4 is 10.9 Å². The summed E-state index contributed by atoms with van der Waals surface area (Å²) in [5, 5.41) is 1.34. The van der Waals surface area contributed by atoms with Gasteiger partial charge in [0.15, 0.2) is 0 Å². The Morgan fingerprint density at radius 1 is 0.909 bits per heavy atom. The first-order valence-corrected chi connectivity index (χ1v) is 8.17. The molecule has 22 heavy (non-hydrogen) atoms. The molecule has 0 saturated carbocycles. The lowest BCUT2D eigenvalue weighted by atomic mass is 9.97. The van der Waals surface area contributed by atoms with Crippen molar-refractivity contribution in [1.29, 1.82) is 0 Å². The summed E-state index contributed by atoms with van der Waals surface area (Å²) in [7, 11) is 0. The molecule has 3 aromatic rings. The predicted octanol–water partition coefficient (Wildman–Crippen LogP) is 4.79. The lowest BCUT2D eigenvalue weighted by Crippen LogP contribution is -2.29. The summed E-state index contributed by atoms with van der Waals surface area (Å²) >= 11 is 0. The van der Waals surface area contributed by atoms with Gasteiger partial charge in [-0.05, 0) is 36.7 Å². The monoisotopic (exact) mass is 292 g/mol. The van der Waals surface area contributed by atoms with E-state index in [4.69, 9.17) is 0 Å². The minimum atomic E-state index is 0.426. The van der Waals surface area contributed by atoms with E-state index in [2.05, 4.69) is 84.5 Å². The number of para-hydroxylation sites is 1. The number of fused-ring (bicyclic) bond motifs is 1. The van der Waals surface area contributed by atoms with E-state index >= 15 is 0 Å². The van der Waals surface area contributed by atoms with Crippen molar-refractivity contribution in [3.63, 3.8) is 0 Å². The van der Waals surface area contributed by atoms with Gasteiger partial charge in [-0.3, -0.25) is 4.90 Å². The zero-order valence-corrected chi connectivity index (χ0v) is 13.4. The topological polar surface area (TPSA) is 19.0 Å². The van der Waals surface area contributed by atoms with Crippen LogP contribution in [0.5, 0.6) is 0 Å². The minimum absolute atomic E-state index is 0.426. The third-order valence-corrected chi connectivity index (χ3v) is 4.53. The molecule has 2 aromatic carbocycles. The molecule has 0 aliphatic carbocycles. The summed E-state index contributed by atoms with van der Waals surface area (Å²) in [5.74, 6) is 0. The molecule has 0 aliphatic rings. The number of aromatic nitrogens is 1. The first-order valence-electron chi connectivity index (χ1n) is 8.17. The number of hydrogen-bond acceptors (Lipinski definition) is 1. The van der Waals surface area contributed by atoms with Crippen molar-refractivity contribution in [3.8, 4) is 0 Å². The van der Waals surface area contributed by atoms with Crippen LogP contribution < -0.4 is 0 Å². The largest absolute Gasteiger partial charge is 0.361 e. The Morgan fingerprint density at radius 2 is 1.59 bits per heavy atom. The van der Waals surface area contributed by atoms with Crippen molar-refractivity contribution in [3.05, 3.63) is 71.9 Å². The van der Waals surface area contributed by atoms with Gasteiger partial charge in [0.05, 0.1) is 0 Å². The van der Waals surface area contributed by atoms with Crippen LogP contribution in [0.2, 0.25) is 0 Å². The number of hydrogen-bond donors (Lipinski definition) is 1. The van der Waals surface area contributed by atoms with Crippen molar-refractivity contribution in [2.45, 2.75) is 26.3 Å². The fraction of sp³-hybridized carbons (Fsp3) is 0.300. The van der Waals surface area contributed by atoms with Crippen LogP contribution in [0.4, 0.5) is 0 Å². The highest BCUT2D eigenvalue weighted by Gasteiger charge is 2.19. The Hall–Kier alpha value is -2.06. The predicted molar refractivity (Wildman–Crippen MR) is 94.1 cm³/mol. The average molecular weight is 292 g/mol. The first-order chi connectivity index (χ1) is 10.8. The van der Waals surface area contributed by atoms with Crippen LogP contribution >= 0.6 is 0 Å². The van der Waals surface area contributed by atoms with Gasteiger partial charge in [0, 0.05) is 23.1 Å². The summed E-state index contributed by atoms with van der Waals surface area (Å²) in [6.07, 6.45) is 3.21. The van der Waals surface area contributed by atoms with E-state index in [1.165, 1.54) is 22.0 Å². The summed E-state index contributed by atoms with van der Waals surface area (Å²) in [5.41, 5.74) is 4.02. The van der Waals surface area contributed by atoms with Gasteiger partial charge in [-0.2, -0.15) is 0 Å². The van der Waals surface area contributed by atoms with Crippen LogP contribution in [0.25, 0.3) is 10.9 Å². The lowest BCUT2D eigenvalue weighted by Gasteiger charge is -2.30. The van der Waals surface area contributed by atoms with E-state index < -0.39 is 0 Å². The molecule has 1 heterocycles. The van der Waals surface area contributed by atoms with Gasteiger partial charge in [0.1, 0.15) is 0 Å². The molecule has 1 unspecified atom stereocenters. The number of H-pyrrole nitrogens is 1. The molecule has 2 heteroatoms. The van der Waals surface area contributed by atoms with E-state index in [0.717, 1.165) is 19.5 Å². The van der Waals surface area contributed by atoms with Gasteiger partial charge >= 0.3 is 0 Å². The average Bonchev–Trinajstić information content (AvgIpc) is 2.99. The van der Waals surface area contributed by atoms with Crippen LogP contribution in [-0.4, -0.2) is 23.0 Å². The Morgan fingerprint density at radius 3 is 2.32 bits per heavy atom. The lowest BCUT2D eigenvalue weighted by molar-refractivity contribution is 0.218. The standard InChI is InChI=1S/C20H24N2/c1-3-22(4-2)20(16-10-6-5-7-11-16)14-17-15-21-19-13-9-8-12-18(17)19/h5-13,15,20-21H,3-4,14H2,1-2H3. The van der Waals surface area contributed by atoms with E-state index in [1.54, 1.807) is 0 Å². The van der Waals surface area contributed by atoms with Crippen LogP contribution in [0.1, 0.15) is 31.0 Å². The highest BCUT2D eigenvalue weighted by molar-refractivity contribution is 5.83. The minimum Gasteiger partial charge on any atom is -0.361 e. The second-order valence-electron chi connectivity index (χ2n) is 5.71. The molecule has 1 atom stereocenters. The molecule has 2 nitrogen and oxygen atoms in total. The third kappa shape index (κ3) is 2.93.